The largest absolute Gasteiger partial charge is 0.497 e. The first-order chi connectivity index (χ1) is 11.4. The first-order valence-corrected chi connectivity index (χ1v) is 9.71. The van der Waals surface area contributed by atoms with E-state index in [1.807, 2.05) is 27.7 Å². The van der Waals surface area contributed by atoms with Crippen molar-refractivity contribution in [3.63, 3.8) is 0 Å². The van der Waals surface area contributed by atoms with Gasteiger partial charge in [0.25, 0.3) is 5.91 Å². The second-order valence-corrected chi connectivity index (χ2v) is 8.72. The van der Waals surface area contributed by atoms with E-state index in [-0.39, 0.29) is 5.41 Å². The molecule has 1 amide bonds. The molecule has 0 aliphatic heterocycles. The van der Waals surface area contributed by atoms with E-state index < -0.39 is 22.0 Å². The van der Waals surface area contributed by atoms with E-state index in [4.69, 9.17) is 4.74 Å². The zero-order valence-corrected chi connectivity index (χ0v) is 16.6. The lowest BCUT2D eigenvalue weighted by Gasteiger charge is -2.28. The van der Waals surface area contributed by atoms with Crippen LogP contribution in [0.25, 0.3) is 0 Å². The number of methoxy groups -OCH3 is 1. The highest BCUT2D eigenvalue weighted by atomic mass is 32.2. The Morgan fingerprint density at radius 1 is 1.24 bits per heavy atom. The predicted octanol–water partition coefficient (Wildman–Crippen LogP) is 2.39. The topological polar surface area (TPSA) is 88.1 Å². The van der Waals surface area contributed by atoms with Gasteiger partial charge < -0.3 is 4.74 Å². The van der Waals surface area contributed by atoms with Crippen LogP contribution < -0.4 is 14.5 Å². The van der Waals surface area contributed by atoms with Gasteiger partial charge in [-0.3, -0.25) is 9.10 Å². The number of rotatable bonds is 6. The highest BCUT2D eigenvalue weighted by Crippen LogP contribution is 2.24. The molecule has 1 atom stereocenters. The fraction of sp³-hybridized carbons (Fsp3) is 0.529. The van der Waals surface area contributed by atoms with Crippen molar-refractivity contribution in [1.29, 1.82) is 0 Å². The molecule has 25 heavy (non-hydrogen) atoms. The minimum atomic E-state index is -3.67. The Bertz CT molecular complexity index is 734. The van der Waals surface area contributed by atoms with Gasteiger partial charge >= 0.3 is 0 Å². The summed E-state index contributed by atoms with van der Waals surface area (Å²) in [6, 6.07) is 5.50. The van der Waals surface area contributed by atoms with E-state index >= 15 is 0 Å². The normalized spacial score (nSPS) is 14.0. The van der Waals surface area contributed by atoms with Gasteiger partial charge in [-0.25, -0.2) is 13.8 Å². The summed E-state index contributed by atoms with van der Waals surface area (Å²) in [6.07, 6.45) is 1.06. The Morgan fingerprint density at radius 3 is 2.16 bits per heavy atom. The quantitative estimate of drug-likeness (QED) is 0.616. The molecule has 1 aromatic rings. The molecule has 1 aromatic carbocycles. The third kappa shape index (κ3) is 5.74. The van der Waals surface area contributed by atoms with Crippen LogP contribution >= 0.6 is 0 Å². The average molecular weight is 369 g/mol. The molecule has 7 nitrogen and oxygen atoms in total. The van der Waals surface area contributed by atoms with Gasteiger partial charge in [0.1, 0.15) is 11.8 Å². The summed E-state index contributed by atoms with van der Waals surface area (Å²) in [5, 5.41) is 4.08. The number of sulfonamides is 1. The second-order valence-electron chi connectivity index (χ2n) is 6.86. The van der Waals surface area contributed by atoms with Crippen LogP contribution in [0.4, 0.5) is 5.69 Å². The van der Waals surface area contributed by atoms with E-state index in [9.17, 15) is 13.2 Å². The number of hydrogen-bond donors (Lipinski definition) is 1. The standard InChI is InChI=1S/C17H27N3O4S/c1-12(16(21)19-18-13(2)17(3,4)5)20(25(7,22)23)14-8-10-15(24-6)11-9-14/h8-12H,1-7H3,(H,19,21). The number of nitrogens with zero attached hydrogens (tertiary/aromatic N) is 2. The van der Waals surface area contributed by atoms with Crippen molar-refractivity contribution in [2.45, 2.75) is 40.7 Å². The lowest BCUT2D eigenvalue weighted by atomic mass is 9.91. The van der Waals surface area contributed by atoms with Crippen molar-refractivity contribution in [3.8, 4) is 5.75 Å². The van der Waals surface area contributed by atoms with Gasteiger partial charge in [0.05, 0.1) is 19.1 Å². The van der Waals surface area contributed by atoms with Crippen molar-refractivity contribution >= 4 is 27.3 Å². The molecule has 0 saturated heterocycles. The van der Waals surface area contributed by atoms with Crippen LogP contribution in [0.5, 0.6) is 5.75 Å². The molecule has 0 radical (unpaired) electrons. The number of anilines is 1. The van der Waals surface area contributed by atoms with E-state index in [1.54, 1.807) is 24.3 Å². The van der Waals surface area contributed by atoms with Crippen LogP contribution in [-0.4, -0.2) is 39.4 Å². The molecule has 1 unspecified atom stereocenters. The van der Waals surface area contributed by atoms with Crippen molar-refractivity contribution in [2.75, 3.05) is 17.7 Å². The maximum atomic E-state index is 12.4. The first kappa shape index (κ1) is 21.0. The van der Waals surface area contributed by atoms with Crippen LogP contribution in [0, 0.1) is 5.41 Å². The number of nitrogens with one attached hydrogen (secondary N) is 1. The molecule has 0 heterocycles. The molecule has 0 aliphatic carbocycles. The number of ether oxygens (including phenoxy) is 1. The number of carbonyl (C=O) groups excluding carboxylic acids is 1. The highest BCUT2D eigenvalue weighted by Gasteiger charge is 2.29. The van der Waals surface area contributed by atoms with Crippen molar-refractivity contribution in [3.05, 3.63) is 24.3 Å². The summed E-state index contributed by atoms with van der Waals surface area (Å²) < 4.78 is 30.6. The van der Waals surface area contributed by atoms with Crippen molar-refractivity contribution < 1.29 is 17.9 Å². The summed E-state index contributed by atoms with van der Waals surface area (Å²) in [7, 11) is -2.14. The second kappa shape index (κ2) is 7.86. The van der Waals surface area contributed by atoms with Crippen molar-refractivity contribution in [2.24, 2.45) is 10.5 Å². The maximum Gasteiger partial charge on any atom is 0.263 e. The van der Waals surface area contributed by atoms with Gasteiger partial charge in [-0.1, -0.05) is 20.8 Å². The molecule has 0 aliphatic rings. The Hall–Kier alpha value is -2.09. The lowest BCUT2D eigenvalue weighted by Crippen LogP contribution is -2.47. The summed E-state index contributed by atoms with van der Waals surface area (Å²) in [6.45, 7) is 9.25. The van der Waals surface area contributed by atoms with Crippen LogP contribution in [0.3, 0.4) is 0 Å². The van der Waals surface area contributed by atoms with E-state index in [1.165, 1.54) is 14.0 Å². The van der Waals surface area contributed by atoms with Crippen LogP contribution in [0.15, 0.2) is 29.4 Å². The smallest absolute Gasteiger partial charge is 0.263 e. The van der Waals surface area contributed by atoms with Gasteiger partial charge in [-0.2, -0.15) is 5.10 Å². The van der Waals surface area contributed by atoms with Crippen LogP contribution in [0.2, 0.25) is 0 Å². The van der Waals surface area contributed by atoms with Gasteiger partial charge in [0, 0.05) is 11.1 Å². The molecule has 1 rings (SSSR count). The summed E-state index contributed by atoms with van der Waals surface area (Å²) in [5.74, 6) is 0.0875. The van der Waals surface area contributed by atoms with Gasteiger partial charge in [-0.05, 0) is 38.1 Å². The fourth-order valence-electron chi connectivity index (χ4n) is 1.94. The summed E-state index contributed by atoms with van der Waals surface area (Å²) >= 11 is 0. The molecular formula is C17H27N3O4S. The van der Waals surface area contributed by atoms with E-state index in [0.29, 0.717) is 11.4 Å². The molecular weight excluding hydrogens is 342 g/mol. The molecule has 140 valence electrons. The SMILES string of the molecule is COc1ccc(N(C(C)C(=O)NN=C(C)C(C)(C)C)S(C)(=O)=O)cc1. The Morgan fingerprint density at radius 2 is 1.76 bits per heavy atom. The zero-order chi connectivity index (χ0) is 19.4. The Kier molecular flexibility index (Phi) is 6.59. The van der Waals surface area contributed by atoms with E-state index in [0.717, 1.165) is 16.3 Å². The first-order valence-electron chi connectivity index (χ1n) is 7.86. The Balaban J connectivity index is 3.09. The molecule has 1 N–H and O–H groups in total. The third-order valence-electron chi connectivity index (χ3n) is 3.83. The number of hydrogen-bond acceptors (Lipinski definition) is 5. The lowest BCUT2D eigenvalue weighted by molar-refractivity contribution is -0.121. The van der Waals surface area contributed by atoms with Crippen molar-refractivity contribution in [1.82, 2.24) is 5.43 Å². The minimum absolute atomic E-state index is 0.191. The van der Waals surface area contributed by atoms with Gasteiger partial charge in [0.2, 0.25) is 10.0 Å². The fourth-order valence-corrected chi connectivity index (χ4v) is 3.11. The van der Waals surface area contributed by atoms with Crippen LogP contribution in [0.1, 0.15) is 34.6 Å². The zero-order valence-electron chi connectivity index (χ0n) is 15.8. The molecule has 0 spiro atoms. The summed E-state index contributed by atoms with van der Waals surface area (Å²) in [4.78, 5) is 12.4. The molecule has 0 fully saturated rings. The molecule has 8 heteroatoms. The van der Waals surface area contributed by atoms with Gasteiger partial charge in [0.15, 0.2) is 0 Å². The highest BCUT2D eigenvalue weighted by molar-refractivity contribution is 7.92. The number of carbonyl (C=O) groups is 1. The Labute approximate surface area is 150 Å². The molecule has 0 saturated carbocycles. The van der Waals surface area contributed by atoms with E-state index in [2.05, 4.69) is 10.5 Å². The average Bonchev–Trinajstić information content (AvgIpc) is 2.50. The number of amides is 1. The molecule has 0 aromatic heterocycles. The maximum absolute atomic E-state index is 12.4. The third-order valence-corrected chi connectivity index (χ3v) is 5.08. The number of benzene rings is 1. The van der Waals surface area contributed by atoms with Gasteiger partial charge in [-0.15, -0.1) is 0 Å². The van der Waals surface area contributed by atoms with Crippen LogP contribution in [-0.2, 0) is 14.8 Å². The predicted molar refractivity (Wildman–Crippen MR) is 100 cm³/mol. The molecule has 0 bridgehead atoms. The monoisotopic (exact) mass is 369 g/mol. The summed E-state index contributed by atoms with van der Waals surface area (Å²) in [5.41, 5.74) is 3.38. The number of hydrazone groups is 1. The minimum Gasteiger partial charge on any atom is -0.497 e.